The van der Waals surface area contributed by atoms with Gasteiger partial charge in [-0.15, -0.1) is 11.6 Å². The molecule has 1 aliphatic carbocycles. The molecule has 2 fully saturated rings. The Morgan fingerprint density at radius 2 is 2.07 bits per heavy atom. The standard InChI is InChI=1S/C12H22ClNO/c1-12(2)4-3-11(15-12)8-14-7-9-5-10(13)6-9/h9-11,14H,3-8H2,1-2H3. The molecule has 2 nitrogen and oxygen atoms in total. The molecule has 2 rings (SSSR count). The van der Waals surface area contributed by atoms with Gasteiger partial charge in [0.15, 0.2) is 0 Å². The Bertz CT molecular complexity index is 214. The van der Waals surface area contributed by atoms with Crippen LogP contribution in [0.2, 0.25) is 0 Å². The van der Waals surface area contributed by atoms with Crippen molar-refractivity contribution in [3.8, 4) is 0 Å². The fraction of sp³-hybridized carbons (Fsp3) is 1.00. The van der Waals surface area contributed by atoms with E-state index in [1.807, 2.05) is 0 Å². The quantitative estimate of drug-likeness (QED) is 0.751. The predicted octanol–water partition coefficient (Wildman–Crippen LogP) is 2.55. The van der Waals surface area contributed by atoms with E-state index in [0.29, 0.717) is 11.5 Å². The number of halogens is 1. The first-order valence-corrected chi connectivity index (χ1v) is 6.51. The van der Waals surface area contributed by atoms with E-state index in [1.54, 1.807) is 0 Å². The number of hydrogen-bond donors (Lipinski definition) is 1. The van der Waals surface area contributed by atoms with Crippen molar-refractivity contribution in [1.29, 1.82) is 0 Å². The molecule has 1 N–H and O–H groups in total. The molecule has 1 atom stereocenters. The van der Waals surface area contributed by atoms with E-state index in [4.69, 9.17) is 16.3 Å². The zero-order valence-electron chi connectivity index (χ0n) is 9.76. The number of nitrogens with one attached hydrogen (secondary N) is 1. The van der Waals surface area contributed by atoms with Gasteiger partial charge < -0.3 is 10.1 Å². The molecule has 15 heavy (non-hydrogen) atoms. The summed E-state index contributed by atoms with van der Waals surface area (Å²) in [7, 11) is 0. The molecule has 0 aromatic heterocycles. The zero-order chi connectivity index (χ0) is 10.9. The minimum Gasteiger partial charge on any atom is -0.371 e. The first-order chi connectivity index (χ1) is 7.05. The Balaban J connectivity index is 1.55. The predicted molar refractivity (Wildman–Crippen MR) is 63.4 cm³/mol. The normalized spacial score (nSPS) is 39.0. The summed E-state index contributed by atoms with van der Waals surface area (Å²) < 4.78 is 5.91. The summed E-state index contributed by atoms with van der Waals surface area (Å²) in [5, 5.41) is 3.95. The fourth-order valence-electron chi connectivity index (χ4n) is 2.49. The molecule has 1 unspecified atom stereocenters. The van der Waals surface area contributed by atoms with Crippen LogP contribution in [0.5, 0.6) is 0 Å². The second-order valence-electron chi connectivity index (χ2n) is 5.63. The summed E-state index contributed by atoms with van der Waals surface area (Å²) in [6.45, 7) is 6.48. The van der Waals surface area contributed by atoms with Gasteiger partial charge in [-0.2, -0.15) is 0 Å². The van der Waals surface area contributed by atoms with Crippen molar-refractivity contribution in [2.75, 3.05) is 13.1 Å². The summed E-state index contributed by atoms with van der Waals surface area (Å²) in [6, 6.07) is 0. The van der Waals surface area contributed by atoms with E-state index in [0.717, 1.165) is 19.0 Å². The van der Waals surface area contributed by atoms with Crippen molar-refractivity contribution < 1.29 is 4.74 Å². The highest BCUT2D eigenvalue weighted by molar-refractivity contribution is 6.21. The lowest BCUT2D eigenvalue weighted by Crippen LogP contribution is -2.37. The molecule has 0 amide bonds. The Morgan fingerprint density at radius 3 is 2.60 bits per heavy atom. The first kappa shape index (κ1) is 11.7. The zero-order valence-corrected chi connectivity index (χ0v) is 10.5. The van der Waals surface area contributed by atoms with Gasteiger partial charge in [-0.1, -0.05) is 0 Å². The largest absolute Gasteiger partial charge is 0.371 e. The van der Waals surface area contributed by atoms with Crippen LogP contribution in [0.25, 0.3) is 0 Å². The SMILES string of the molecule is CC1(C)CCC(CNCC2CC(Cl)C2)O1. The Labute approximate surface area is 97.7 Å². The number of ether oxygens (including phenoxy) is 1. The maximum absolute atomic E-state index is 5.93. The Morgan fingerprint density at radius 1 is 1.33 bits per heavy atom. The van der Waals surface area contributed by atoms with Crippen molar-refractivity contribution in [3.63, 3.8) is 0 Å². The minimum atomic E-state index is 0.101. The van der Waals surface area contributed by atoms with Crippen LogP contribution in [-0.2, 0) is 4.74 Å². The van der Waals surface area contributed by atoms with Gasteiger partial charge >= 0.3 is 0 Å². The third-order valence-corrected chi connectivity index (χ3v) is 3.89. The third-order valence-electron chi connectivity index (χ3n) is 3.54. The van der Waals surface area contributed by atoms with E-state index in [9.17, 15) is 0 Å². The Kier molecular flexibility index (Phi) is 3.59. The number of alkyl halides is 1. The highest BCUT2D eigenvalue weighted by Gasteiger charge is 2.32. The second kappa shape index (κ2) is 4.60. The maximum atomic E-state index is 5.93. The summed E-state index contributed by atoms with van der Waals surface area (Å²) in [4.78, 5) is 0. The van der Waals surface area contributed by atoms with E-state index < -0.39 is 0 Å². The highest BCUT2D eigenvalue weighted by atomic mass is 35.5. The number of rotatable bonds is 4. The summed E-state index contributed by atoms with van der Waals surface area (Å²) in [5.74, 6) is 0.807. The molecule has 2 aliphatic rings. The lowest BCUT2D eigenvalue weighted by molar-refractivity contribution is -0.0146. The van der Waals surface area contributed by atoms with Gasteiger partial charge in [0.05, 0.1) is 11.7 Å². The molecule has 0 spiro atoms. The lowest BCUT2D eigenvalue weighted by atomic mass is 9.85. The molecule has 3 heteroatoms. The van der Waals surface area contributed by atoms with Gasteiger partial charge in [-0.3, -0.25) is 0 Å². The van der Waals surface area contributed by atoms with Gasteiger partial charge in [0.25, 0.3) is 0 Å². The molecule has 0 radical (unpaired) electrons. The fourth-order valence-corrected chi connectivity index (χ4v) is 2.99. The van der Waals surface area contributed by atoms with Crippen LogP contribution in [0, 0.1) is 5.92 Å². The van der Waals surface area contributed by atoms with Crippen LogP contribution in [0.1, 0.15) is 39.5 Å². The third kappa shape index (κ3) is 3.33. The highest BCUT2D eigenvalue weighted by Crippen LogP contribution is 2.31. The van der Waals surface area contributed by atoms with E-state index in [2.05, 4.69) is 19.2 Å². The second-order valence-corrected chi connectivity index (χ2v) is 6.25. The van der Waals surface area contributed by atoms with Gasteiger partial charge in [0, 0.05) is 11.9 Å². The van der Waals surface area contributed by atoms with Crippen LogP contribution in [0.3, 0.4) is 0 Å². The van der Waals surface area contributed by atoms with Crippen LogP contribution < -0.4 is 5.32 Å². The average molecular weight is 232 g/mol. The van der Waals surface area contributed by atoms with Crippen LogP contribution in [0.15, 0.2) is 0 Å². The van der Waals surface area contributed by atoms with Crippen molar-refractivity contribution in [3.05, 3.63) is 0 Å². The smallest absolute Gasteiger partial charge is 0.0707 e. The molecule has 0 aromatic carbocycles. The van der Waals surface area contributed by atoms with Gasteiger partial charge in [-0.25, -0.2) is 0 Å². The monoisotopic (exact) mass is 231 g/mol. The van der Waals surface area contributed by atoms with Crippen molar-refractivity contribution in [2.24, 2.45) is 5.92 Å². The van der Waals surface area contributed by atoms with Crippen LogP contribution in [0.4, 0.5) is 0 Å². The van der Waals surface area contributed by atoms with Crippen molar-refractivity contribution in [2.45, 2.75) is 56.6 Å². The van der Waals surface area contributed by atoms with Crippen molar-refractivity contribution in [1.82, 2.24) is 5.32 Å². The topological polar surface area (TPSA) is 21.3 Å². The molecular formula is C12H22ClNO. The summed E-state index contributed by atoms with van der Waals surface area (Å²) in [6.07, 6.45) is 5.18. The first-order valence-electron chi connectivity index (χ1n) is 6.08. The van der Waals surface area contributed by atoms with Crippen LogP contribution in [-0.4, -0.2) is 30.2 Å². The van der Waals surface area contributed by atoms with Gasteiger partial charge in [0.2, 0.25) is 0 Å². The average Bonchev–Trinajstić information content (AvgIpc) is 2.42. The molecule has 1 saturated carbocycles. The Hall–Kier alpha value is 0.210. The molecule has 1 aliphatic heterocycles. The van der Waals surface area contributed by atoms with Gasteiger partial charge in [0.1, 0.15) is 0 Å². The lowest BCUT2D eigenvalue weighted by Gasteiger charge is -2.31. The minimum absolute atomic E-state index is 0.101. The van der Waals surface area contributed by atoms with E-state index >= 15 is 0 Å². The van der Waals surface area contributed by atoms with Crippen LogP contribution >= 0.6 is 11.6 Å². The van der Waals surface area contributed by atoms with E-state index in [-0.39, 0.29) is 5.60 Å². The van der Waals surface area contributed by atoms with Crippen molar-refractivity contribution >= 4 is 11.6 Å². The summed E-state index contributed by atoms with van der Waals surface area (Å²) >= 11 is 5.93. The van der Waals surface area contributed by atoms with E-state index in [1.165, 1.54) is 25.7 Å². The molecule has 0 bridgehead atoms. The molecular weight excluding hydrogens is 210 g/mol. The van der Waals surface area contributed by atoms with Gasteiger partial charge in [-0.05, 0) is 52.0 Å². The maximum Gasteiger partial charge on any atom is 0.0707 e. The molecule has 0 aromatic rings. The molecule has 1 saturated heterocycles. The molecule has 88 valence electrons. The number of hydrogen-bond acceptors (Lipinski definition) is 2. The molecule has 1 heterocycles. The summed E-state index contributed by atoms with van der Waals surface area (Å²) in [5.41, 5.74) is 0.101.